The molecule has 2 heterocycles. The monoisotopic (exact) mass is 216 g/mol. The molecule has 5 heteroatoms. The number of hydrogen-bond acceptors (Lipinski definition) is 2. The van der Waals surface area contributed by atoms with Crippen LogP contribution in [-0.4, -0.2) is 48.9 Å². The summed E-state index contributed by atoms with van der Waals surface area (Å²) in [6.45, 7) is 3.73. The Morgan fingerprint density at radius 3 is 2.93 bits per heavy atom. The van der Waals surface area contributed by atoms with Crippen LogP contribution >= 0.6 is 0 Å². The zero-order valence-corrected chi connectivity index (χ0v) is 8.96. The molecule has 0 aromatic carbocycles. The Morgan fingerprint density at radius 2 is 2.40 bits per heavy atom. The van der Waals surface area contributed by atoms with E-state index in [1.807, 2.05) is 6.92 Å². The Morgan fingerprint density at radius 1 is 1.67 bits per heavy atom. The van der Waals surface area contributed by atoms with Gasteiger partial charge in [-0.1, -0.05) is 0 Å². The summed E-state index contributed by atoms with van der Waals surface area (Å²) in [5.41, 5.74) is -0.227. The van der Waals surface area contributed by atoms with E-state index >= 15 is 0 Å². The fourth-order valence-corrected chi connectivity index (χ4v) is 1.94. The maximum absolute atomic E-state index is 12.5. The molecule has 0 saturated carbocycles. The van der Waals surface area contributed by atoms with Crippen molar-refractivity contribution in [3.8, 4) is 0 Å². The molecule has 2 rings (SSSR count). The molecule has 15 heavy (non-hydrogen) atoms. The minimum absolute atomic E-state index is 0.180. The summed E-state index contributed by atoms with van der Waals surface area (Å²) < 4.78 is 18.0. The highest BCUT2D eigenvalue weighted by molar-refractivity contribution is 5.75. The van der Waals surface area contributed by atoms with E-state index in [0.717, 1.165) is 19.4 Å². The van der Waals surface area contributed by atoms with E-state index in [1.165, 1.54) is 4.90 Å². The van der Waals surface area contributed by atoms with Crippen molar-refractivity contribution in [1.82, 2.24) is 10.2 Å². The Kier molecular flexibility index (Phi) is 2.82. The number of nitrogens with zero attached hydrogens (tertiary/aromatic N) is 1. The SMILES string of the molecule is CC1(CNC(=O)N2CC(F)C2)CCCO1. The average Bonchev–Trinajstić information content (AvgIpc) is 2.57. The van der Waals surface area contributed by atoms with Gasteiger partial charge < -0.3 is 15.0 Å². The van der Waals surface area contributed by atoms with Crippen LogP contribution in [0.3, 0.4) is 0 Å². The van der Waals surface area contributed by atoms with Crippen molar-refractivity contribution in [2.75, 3.05) is 26.2 Å². The number of halogens is 1. The van der Waals surface area contributed by atoms with Crippen molar-refractivity contribution < 1.29 is 13.9 Å². The van der Waals surface area contributed by atoms with Gasteiger partial charge in [0.15, 0.2) is 0 Å². The number of amides is 2. The van der Waals surface area contributed by atoms with Gasteiger partial charge in [0, 0.05) is 13.2 Å². The highest BCUT2D eigenvalue weighted by Crippen LogP contribution is 2.24. The van der Waals surface area contributed by atoms with Crippen LogP contribution in [0, 0.1) is 0 Å². The van der Waals surface area contributed by atoms with Crippen LogP contribution in [0.2, 0.25) is 0 Å². The molecular formula is C10H17FN2O2. The van der Waals surface area contributed by atoms with Gasteiger partial charge in [-0.15, -0.1) is 0 Å². The predicted octanol–water partition coefficient (Wildman–Crippen LogP) is 0.919. The topological polar surface area (TPSA) is 41.6 Å². The van der Waals surface area contributed by atoms with Crippen LogP contribution < -0.4 is 5.32 Å². The van der Waals surface area contributed by atoms with Crippen molar-refractivity contribution in [3.05, 3.63) is 0 Å². The first-order valence-electron chi connectivity index (χ1n) is 5.40. The van der Waals surface area contributed by atoms with Gasteiger partial charge in [0.1, 0.15) is 6.17 Å². The molecule has 0 aliphatic carbocycles. The fraction of sp³-hybridized carbons (Fsp3) is 0.900. The summed E-state index contributed by atoms with van der Waals surface area (Å²) in [5.74, 6) is 0. The van der Waals surface area contributed by atoms with Gasteiger partial charge in [-0.2, -0.15) is 0 Å². The third-order valence-corrected chi connectivity index (χ3v) is 3.04. The lowest BCUT2D eigenvalue weighted by Gasteiger charge is -2.35. The Bertz CT molecular complexity index is 248. The van der Waals surface area contributed by atoms with Crippen LogP contribution in [0.15, 0.2) is 0 Å². The van der Waals surface area contributed by atoms with E-state index in [2.05, 4.69) is 5.32 Å². The fourth-order valence-electron chi connectivity index (χ4n) is 1.94. The second-order valence-electron chi connectivity index (χ2n) is 4.56. The molecule has 0 radical (unpaired) electrons. The zero-order chi connectivity index (χ0) is 10.9. The number of ether oxygens (including phenoxy) is 1. The molecule has 0 aromatic rings. The van der Waals surface area contributed by atoms with Gasteiger partial charge in [0.25, 0.3) is 0 Å². The number of rotatable bonds is 2. The number of likely N-dealkylation sites (tertiary alicyclic amines) is 1. The highest BCUT2D eigenvalue weighted by atomic mass is 19.1. The largest absolute Gasteiger partial charge is 0.373 e. The first-order valence-corrected chi connectivity index (χ1v) is 5.40. The van der Waals surface area contributed by atoms with Crippen LogP contribution in [0.1, 0.15) is 19.8 Å². The number of carbonyl (C=O) groups is 1. The molecule has 86 valence electrons. The minimum atomic E-state index is -0.839. The number of nitrogens with one attached hydrogen (secondary N) is 1. The molecular weight excluding hydrogens is 199 g/mol. The molecule has 0 spiro atoms. The van der Waals surface area contributed by atoms with Crippen molar-refractivity contribution in [3.63, 3.8) is 0 Å². The van der Waals surface area contributed by atoms with E-state index in [9.17, 15) is 9.18 Å². The van der Waals surface area contributed by atoms with Crippen molar-refractivity contribution >= 4 is 6.03 Å². The third-order valence-electron chi connectivity index (χ3n) is 3.04. The normalized spacial score (nSPS) is 31.5. The quantitative estimate of drug-likeness (QED) is 0.745. The van der Waals surface area contributed by atoms with Gasteiger partial charge in [0.05, 0.1) is 18.7 Å². The van der Waals surface area contributed by atoms with Crippen LogP contribution in [0.4, 0.5) is 9.18 Å². The van der Waals surface area contributed by atoms with Gasteiger partial charge in [-0.3, -0.25) is 0 Å². The lowest BCUT2D eigenvalue weighted by molar-refractivity contribution is 0.0196. The van der Waals surface area contributed by atoms with Crippen molar-refractivity contribution in [1.29, 1.82) is 0 Å². The summed E-state index contributed by atoms with van der Waals surface area (Å²) >= 11 is 0. The molecule has 2 saturated heterocycles. The summed E-state index contributed by atoms with van der Waals surface area (Å²) in [6.07, 6.45) is 1.18. The number of carbonyl (C=O) groups excluding carboxylic acids is 1. The molecule has 1 N–H and O–H groups in total. The van der Waals surface area contributed by atoms with Gasteiger partial charge in [-0.05, 0) is 19.8 Å². The first-order chi connectivity index (χ1) is 7.09. The van der Waals surface area contributed by atoms with E-state index < -0.39 is 6.17 Å². The van der Waals surface area contributed by atoms with Crippen molar-refractivity contribution in [2.24, 2.45) is 0 Å². The molecule has 2 aliphatic rings. The van der Waals surface area contributed by atoms with E-state index in [1.54, 1.807) is 0 Å². The molecule has 2 fully saturated rings. The molecule has 2 amide bonds. The standard InChI is InChI=1S/C10H17FN2O2/c1-10(3-2-4-15-10)7-12-9(14)13-5-8(11)6-13/h8H,2-7H2,1H3,(H,12,14). The van der Waals surface area contributed by atoms with Crippen molar-refractivity contribution in [2.45, 2.75) is 31.5 Å². The lowest BCUT2D eigenvalue weighted by Crippen LogP contribution is -2.56. The van der Waals surface area contributed by atoms with Crippen LogP contribution in [0.5, 0.6) is 0 Å². The number of alkyl halides is 1. The maximum atomic E-state index is 12.5. The van der Waals surface area contributed by atoms with E-state index in [0.29, 0.717) is 6.54 Å². The summed E-state index contributed by atoms with van der Waals surface area (Å²) in [6, 6.07) is -0.180. The molecule has 1 atom stereocenters. The first kappa shape index (κ1) is 10.7. The molecule has 1 unspecified atom stereocenters. The summed E-state index contributed by atoms with van der Waals surface area (Å²) in [7, 11) is 0. The van der Waals surface area contributed by atoms with Crippen LogP contribution in [-0.2, 0) is 4.74 Å². The molecule has 2 aliphatic heterocycles. The maximum Gasteiger partial charge on any atom is 0.317 e. The van der Waals surface area contributed by atoms with Gasteiger partial charge in [-0.25, -0.2) is 9.18 Å². The highest BCUT2D eigenvalue weighted by Gasteiger charge is 2.33. The van der Waals surface area contributed by atoms with Crippen LogP contribution in [0.25, 0.3) is 0 Å². The number of hydrogen-bond donors (Lipinski definition) is 1. The second-order valence-corrected chi connectivity index (χ2v) is 4.56. The van der Waals surface area contributed by atoms with E-state index in [-0.39, 0.29) is 24.7 Å². The van der Waals surface area contributed by atoms with E-state index in [4.69, 9.17) is 4.74 Å². The third kappa shape index (κ3) is 2.40. The lowest BCUT2D eigenvalue weighted by atomic mass is 10.0. The zero-order valence-electron chi connectivity index (χ0n) is 8.96. The van der Waals surface area contributed by atoms with Gasteiger partial charge in [0.2, 0.25) is 0 Å². The Balaban J connectivity index is 1.71. The molecule has 0 aromatic heterocycles. The number of urea groups is 1. The summed E-state index contributed by atoms with van der Waals surface area (Å²) in [4.78, 5) is 12.9. The summed E-state index contributed by atoms with van der Waals surface area (Å²) in [5, 5.41) is 2.78. The Hall–Kier alpha value is -0.840. The molecule has 0 bridgehead atoms. The predicted molar refractivity (Wildman–Crippen MR) is 53.5 cm³/mol. The average molecular weight is 216 g/mol. The second kappa shape index (κ2) is 3.96. The molecule has 4 nitrogen and oxygen atoms in total. The minimum Gasteiger partial charge on any atom is -0.373 e. The van der Waals surface area contributed by atoms with Gasteiger partial charge >= 0.3 is 6.03 Å². The smallest absolute Gasteiger partial charge is 0.317 e. The Labute approximate surface area is 88.8 Å².